The Labute approximate surface area is 206 Å². The molecule has 36 heavy (non-hydrogen) atoms. The summed E-state index contributed by atoms with van der Waals surface area (Å²) in [6, 6.07) is 12.2. The van der Waals surface area contributed by atoms with Crippen molar-refractivity contribution >= 4 is 35.3 Å². The van der Waals surface area contributed by atoms with E-state index in [9.17, 15) is 24.5 Å². The maximum Gasteiger partial charge on any atom is 0.335 e. The largest absolute Gasteiger partial charge is 0.494 e. The van der Waals surface area contributed by atoms with E-state index in [1.165, 1.54) is 25.3 Å². The molecule has 1 fully saturated rings. The number of nitro groups is 1. The molecule has 3 aromatic rings. The van der Waals surface area contributed by atoms with Gasteiger partial charge in [0.25, 0.3) is 17.5 Å². The summed E-state index contributed by atoms with van der Waals surface area (Å²) in [7, 11) is 1.42. The number of nitrogens with zero attached hydrogens (tertiary/aromatic N) is 3. The number of non-ortho nitro benzene ring substituents is 1. The molecule has 10 nitrogen and oxygen atoms in total. The molecule has 0 radical (unpaired) electrons. The number of anilines is 1. The van der Waals surface area contributed by atoms with Crippen LogP contribution < -0.4 is 15.0 Å². The lowest BCUT2D eigenvalue weighted by Gasteiger charge is -2.26. The maximum atomic E-state index is 13.3. The lowest BCUT2D eigenvalue weighted by Crippen LogP contribution is -2.54. The number of barbiturate groups is 1. The van der Waals surface area contributed by atoms with E-state index in [0.717, 1.165) is 22.6 Å². The molecule has 1 N–H and O–H groups in total. The molecule has 1 saturated heterocycles. The highest BCUT2D eigenvalue weighted by molar-refractivity contribution is 6.39. The molecule has 0 aliphatic carbocycles. The Morgan fingerprint density at radius 3 is 2.36 bits per heavy atom. The van der Waals surface area contributed by atoms with E-state index in [-0.39, 0.29) is 11.3 Å². The zero-order valence-electron chi connectivity index (χ0n) is 20.2. The maximum absolute atomic E-state index is 13.3. The molecule has 4 amide bonds. The predicted octanol–water partition coefficient (Wildman–Crippen LogP) is 4.24. The molecule has 0 unspecified atom stereocenters. The van der Waals surface area contributed by atoms with Crippen molar-refractivity contribution in [3.8, 4) is 11.4 Å². The SMILES string of the molecule is CCc1ccc(N2C(=O)NC(=O)/C(=C/c3cc(C)n(-c4ccc([N+](=O)[O-])cc4OC)c3C)C2=O)cc1. The molecule has 2 aromatic carbocycles. The number of aryl methyl sites for hydroxylation is 2. The van der Waals surface area contributed by atoms with Crippen LogP contribution in [0.1, 0.15) is 29.4 Å². The molecule has 0 saturated carbocycles. The summed E-state index contributed by atoms with van der Waals surface area (Å²) in [5, 5.41) is 13.4. The number of imide groups is 2. The normalized spacial score (nSPS) is 14.8. The number of nitro benzene ring substituents is 1. The zero-order valence-corrected chi connectivity index (χ0v) is 20.2. The Morgan fingerprint density at radius 1 is 1.06 bits per heavy atom. The van der Waals surface area contributed by atoms with Gasteiger partial charge in [0.15, 0.2) is 0 Å². The van der Waals surface area contributed by atoms with E-state index in [2.05, 4.69) is 5.32 Å². The minimum absolute atomic E-state index is 0.110. The van der Waals surface area contributed by atoms with E-state index in [0.29, 0.717) is 28.4 Å². The number of ether oxygens (including phenoxy) is 1. The third-order valence-corrected chi connectivity index (χ3v) is 6.09. The molecule has 4 rings (SSSR count). The second kappa shape index (κ2) is 9.49. The van der Waals surface area contributed by atoms with Crippen molar-refractivity contribution < 1.29 is 24.0 Å². The van der Waals surface area contributed by atoms with Crippen molar-refractivity contribution in [1.29, 1.82) is 0 Å². The molecule has 10 heteroatoms. The summed E-state index contributed by atoms with van der Waals surface area (Å²) in [6.45, 7) is 5.61. The third-order valence-electron chi connectivity index (χ3n) is 6.09. The van der Waals surface area contributed by atoms with Crippen LogP contribution in [0.3, 0.4) is 0 Å². The van der Waals surface area contributed by atoms with Crippen molar-refractivity contribution in [3.63, 3.8) is 0 Å². The highest BCUT2D eigenvalue weighted by atomic mass is 16.6. The number of carbonyl (C=O) groups is 3. The van der Waals surface area contributed by atoms with Crippen LogP contribution in [-0.4, -0.2) is 34.4 Å². The quantitative estimate of drug-likeness (QED) is 0.240. The molecular weight excluding hydrogens is 464 g/mol. The molecule has 1 aliphatic heterocycles. The fraction of sp³-hybridized carbons (Fsp3) is 0.192. The first-order chi connectivity index (χ1) is 17.2. The molecule has 2 heterocycles. The first-order valence-corrected chi connectivity index (χ1v) is 11.2. The van der Waals surface area contributed by atoms with E-state index in [1.54, 1.807) is 31.2 Å². The van der Waals surface area contributed by atoms with Crippen molar-refractivity contribution in [2.45, 2.75) is 27.2 Å². The minimum Gasteiger partial charge on any atom is -0.494 e. The molecular formula is C26H24N4O6. The first-order valence-electron chi connectivity index (χ1n) is 11.2. The standard InChI is InChI=1S/C26H24N4O6/c1-5-17-6-8-19(9-7-17)29-25(32)21(24(31)27-26(29)33)13-18-12-15(2)28(16(18)3)22-11-10-20(30(34)35)14-23(22)36-4/h6-14H,5H2,1-4H3,(H,27,31,33)/b21-13-. The Kier molecular flexibility index (Phi) is 6.43. The van der Waals surface area contributed by atoms with Gasteiger partial charge in [-0.05, 0) is 61.7 Å². The topological polar surface area (TPSA) is 124 Å². The van der Waals surface area contributed by atoms with Gasteiger partial charge in [0, 0.05) is 17.5 Å². The van der Waals surface area contributed by atoms with Gasteiger partial charge in [-0.15, -0.1) is 0 Å². The fourth-order valence-electron chi connectivity index (χ4n) is 4.20. The number of aromatic nitrogens is 1. The summed E-state index contributed by atoms with van der Waals surface area (Å²) in [5.41, 5.74) is 3.66. The summed E-state index contributed by atoms with van der Waals surface area (Å²) in [6.07, 6.45) is 2.24. The number of benzene rings is 2. The van der Waals surface area contributed by atoms with Crippen molar-refractivity contribution in [2.75, 3.05) is 12.0 Å². The van der Waals surface area contributed by atoms with Gasteiger partial charge in [0.2, 0.25) is 0 Å². The summed E-state index contributed by atoms with van der Waals surface area (Å²) in [4.78, 5) is 50.0. The number of amides is 4. The Bertz CT molecular complexity index is 1440. The lowest BCUT2D eigenvalue weighted by atomic mass is 10.1. The number of carbonyl (C=O) groups excluding carboxylic acids is 3. The van der Waals surface area contributed by atoms with E-state index in [1.807, 2.05) is 30.5 Å². The summed E-state index contributed by atoms with van der Waals surface area (Å²) < 4.78 is 7.19. The highest BCUT2D eigenvalue weighted by Crippen LogP contribution is 2.32. The van der Waals surface area contributed by atoms with Crippen molar-refractivity contribution in [1.82, 2.24) is 9.88 Å². The van der Waals surface area contributed by atoms with E-state index in [4.69, 9.17) is 4.74 Å². The molecule has 0 spiro atoms. The van der Waals surface area contributed by atoms with Crippen LogP contribution in [0.15, 0.2) is 54.1 Å². The smallest absolute Gasteiger partial charge is 0.335 e. The number of methoxy groups -OCH3 is 1. The van der Waals surface area contributed by atoms with Crippen LogP contribution in [0.4, 0.5) is 16.2 Å². The van der Waals surface area contributed by atoms with Gasteiger partial charge >= 0.3 is 6.03 Å². The lowest BCUT2D eigenvalue weighted by molar-refractivity contribution is -0.384. The van der Waals surface area contributed by atoms with Crippen LogP contribution in [0.25, 0.3) is 11.8 Å². The molecule has 0 atom stereocenters. The first kappa shape index (κ1) is 24.4. The van der Waals surface area contributed by atoms with Gasteiger partial charge in [-0.3, -0.25) is 25.0 Å². The van der Waals surface area contributed by atoms with Crippen LogP contribution in [0, 0.1) is 24.0 Å². The number of nitrogens with one attached hydrogen (secondary N) is 1. The molecule has 184 valence electrons. The molecule has 0 bridgehead atoms. The van der Waals surface area contributed by atoms with Gasteiger partial charge in [-0.2, -0.15) is 0 Å². The molecule has 1 aromatic heterocycles. The van der Waals surface area contributed by atoms with Crippen LogP contribution in [0.2, 0.25) is 0 Å². The Hall–Kier alpha value is -4.73. The van der Waals surface area contributed by atoms with Crippen LogP contribution in [0.5, 0.6) is 5.75 Å². The second-order valence-corrected chi connectivity index (χ2v) is 8.25. The fourth-order valence-corrected chi connectivity index (χ4v) is 4.20. The summed E-state index contributed by atoms with van der Waals surface area (Å²) in [5.74, 6) is -1.22. The highest BCUT2D eigenvalue weighted by Gasteiger charge is 2.37. The van der Waals surface area contributed by atoms with Gasteiger partial charge in [0.1, 0.15) is 11.3 Å². The Balaban J connectivity index is 1.76. The van der Waals surface area contributed by atoms with E-state index < -0.39 is 22.8 Å². The number of hydrogen-bond donors (Lipinski definition) is 1. The third kappa shape index (κ3) is 4.24. The van der Waals surface area contributed by atoms with Crippen LogP contribution in [-0.2, 0) is 16.0 Å². The molecule has 1 aliphatic rings. The number of urea groups is 1. The number of rotatable bonds is 6. The monoisotopic (exact) mass is 488 g/mol. The average Bonchev–Trinajstić information content (AvgIpc) is 3.13. The summed E-state index contributed by atoms with van der Waals surface area (Å²) >= 11 is 0. The Morgan fingerprint density at radius 2 is 1.75 bits per heavy atom. The predicted molar refractivity (Wildman–Crippen MR) is 133 cm³/mol. The average molecular weight is 489 g/mol. The van der Waals surface area contributed by atoms with Crippen molar-refractivity contribution in [2.24, 2.45) is 0 Å². The van der Waals surface area contributed by atoms with Gasteiger partial charge < -0.3 is 9.30 Å². The van der Waals surface area contributed by atoms with Gasteiger partial charge in [-0.25, -0.2) is 9.69 Å². The van der Waals surface area contributed by atoms with Gasteiger partial charge in [0.05, 0.1) is 29.5 Å². The second-order valence-electron chi connectivity index (χ2n) is 8.25. The van der Waals surface area contributed by atoms with Crippen molar-refractivity contribution in [3.05, 3.63) is 86.7 Å². The minimum atomic E-state index is -0.813. The van der Waals surface area contributed by atoms with Gasteiger partial charge in [-0.1, -0.05) is 19.1 Å². The van der Waals surface area contributed by atoms with E-state index >= 15 is 0 Å². The van der Waals surface area contributed by atoms with Crippen LogP contribution >= 0.6 is 0 Å². The zero-order chi connectivity index (χ0) is 26.1. The number of hydrogen-bond acceptors (Lipinski definition) is 6.